The summed E-state index contributed by atoms with van der Waals surface area (Å²) in [6.45, 7) is 3.38. The normalized spacial score (nSPS) is 17.4. The van der Waals surface area contributed by atoms with Crippen LogP contribution in [0.25, 0.3) is 11.1 Å². The zero-order valence-electron chi connectivity index (χ0n) is 12.8. The molecule has 0 bridgehead atoms. The minimum Gasteiger partial charge on any atom is -0.309 e. The van der Waals surface area contributed by atoms with Gasteiger partial charge in [0.2, 0.25) is 0 Å². The largest absolute Gasteiger partial charge is 0.309 e. The molecule has 1 N–H and O–H groups in total. The maximum atomic E-state index is 3.69. The van der Waals surface area contributed by atoms with Gasteiger partial charge in [0.15, 0.2) is 0 Å². The SMILES string of the molecule is CSC1(CNC(C)c2ccc(-c3ccccc3)cc2)CC1. The van der Waals surface area contributed by atoms with Crippen molar-refractivity contribution in [1.29, 1.82) is 0 Å². The molecule has 2 aromatic carbocycles. The molecule has 2 aromatic rings. The molecule has 2 heteroatoms. The Labute approximate surface area is 132 Å². The summed E-state index contributed by atoms with van der Waals surface area (Å²) >= 11 is 2.01. The van der Waals surface area contributed by atoms with Crippen LogP contribution in [0, 0.1) is 0 Å². The van der Waals surface area contributed by atoms with Gasteiger partial charge in [0.05, 0.1) is 0 Å². The van der Waals surface area contributed by atoms with E-state index in [-0.39, 0.29) is 0 Å². The predicted molar refractivity (Wildman–Crippen MR) is 93.8 cm³/mol. The molecule has 1 saturated carbocycles. The van der Waals surface area contributed by atoms with E-state index in [9.17, 15) is 0 Å². The lowest BCUT2D eigenvalue weighted by atomic mass is 10.0. The first-order chi connectivity index (χ1) is 10.2. The molecule has 0 spiro atoms. The van der Waals surface area contributed by atoms with Gasteiger partial charge in [-0.05, 0) is 42.7 Å². The Balaban J connectivity index is 1.63. The van der Waals surface area contributed by atoms with Crippen LogP contribution in [-0.4, -0.2) is 17.5 Å². The van der Waals surface area contributed by atoms with E-state index in [2.05, 4.69) is 73.1 Å². The van der Waals surface area contributed by atoms with Crippen molar-refractivity contribution in [1.82, 2.24) is 5.32 Å². The van der Waals surface area contributed by atoms with Gasteiger partial charge in [-0.3, -0.25) is 0 Å². The highest BCUT2D eigenvalue weighted by Crippen LogP contribution is 2.46. The van der Waals surface area contributed by atoms with Crippen molar-refractivity contribution in [2.45, 2.75) is 30.6 Å². The van der Waals surface area contributed by atoms with Gasteiger partial charge in [-0.15, -0.1) is 0 Å². The fourth-order valence-electron chi connectivity index (χ4n) is 2.64. The number of thioether (sulfide) groups is 1. The summed E-state index contributed by atoms with van der Waals surface area (Å²) in [7, 11) is 0. The average molecular weight is 297 g/mol. The molecular weight excluding hydrogens is 274 g/mol. The Morgan fingerprint density at radius 1 is 1.00 bits per heavy atom. The predicted octanol–water partition coefficient (Wildman–Crippen LogP) is 4.90. The lowest BCUT2D eigenvalue weighted by Gasteiger charge is -2.19. The van der Waals surface area contributed by atoms with Crippen LogP contribution in [0.1, 0.15) is 31.4 Å². The summed E-state index contributed by atoms with van der Waals surface area (Å²) in [5.41, 5.74) is 3.94. The lowest BCUT2D eigenvalue weighted by Crippen LogP contribution is -2.28. The summed E-state index contributed by atoms with van der Waals surface area (Å²) in [4.78, 5) is 0. The summed E-state index contributed by atoms with van der Waals surface area (Å²) < 4.78 is 0.526. The van der Waals surface area contributed by atoms with E-state index in [1.54, 1.807) is 0 Å². The molecule has 1 aliphatic rings. The van der Waals surface area contributed by atoms with Crippen molar-refractivity contribution >= 4 is 11.8 Å². The van der Waals surface area contributed by atoms with Crippen LogP contribution >= 0.6 is 11.8 Å². The van der Waals surface area contributed by atoms with Crippen LogP contribution in [0.2, 0.25) is 0 Å². The Morgan fingerprint density at radius 3 is 2.19 bits per heavy atom. The molecule has 0 aliphatic heterocycles. The van der Waals surface area contributed by atoms with Crippen molar-refractivity contribution < 1.29 is 0 Å². The van der Waals surface area contributed by atoms with Crippen molar-refractivity contribution in [3.8, 4) is 11.1 Å². The van der Waals surface area contributed by atoms with Crippen molar-refractivity contribution in [3.05, 3.63) is 60.2 Å². The number of rotatable bonds is 6. The van der Waals surface area contributed by atoms with Gasteiger partial charge in [0.1, 0.15) is 0 Å². The molecule has 0 saturated heterocycles. The third kappa shape index (κ3) is 3.50. The highest BCUT2D eigenvalue weighted by Gasteiger charge is 2.41. The molecule has 21 heavy (non-hydrogen) atoms. The van der Waals surface area contributed by atoms with Gasteiger partial charge < -0.3 is 5.32 Å². The van der Waals surface area contributed by atoms with Gasteiger partial charge in [0.25, 0.3) is 0 Å². The molecule has 1 atom stereocenters. The number of hydrogen-bond donors (Lipinski definition) is 1. The van der Waals surface area contributed by atoms with Gasteiger partial charge in [-0.1, -0.05) is 54.6 Å². The first-order valence-electron chi connectivity index (χ1n) is 7.66. The van der Waals surface area contributed by atoms with Crippen LogP contribution in [0.5, 0.6) is 0 Å². The molecule has 1 unspecified atom stereocenters. The summed E-state index contributed by atoms with van der Waals surface area (Å²) in [6.07, 6.45) is 4.95. The van der Waals surface area contributed by atoms with E-state index in [4.69, 9.17) is 0 Å². The maximum Gasteiger partial charge on any atom is 0.0292 e. The molecular formula is C19H23NS. The van der Waals surface area contributed by atoms with Crippen LogP contribution in [0.4, 0.5) is 0 Å². The Kier molecular flexibility index (Phi) is 4.37. The monoisotopic (exact) mass is 297 g/mol. The van der Waals surface area contributed by atoms with Crippen LogP contribution in [0.15, 0.2) is 54.6 Å². The molecule has 3 rings (SSSR count). The molecule has 1 aliphatic carbocycles. The Bertz CT molecular complexity index is 572. The standard InChI is InChI=1S/C19H23NS/c1-15(20-14-19(21-2)12-13-19)16-8-10-18(11-9-16)17-6-4-3-5-7-17/h3-11,15,20H,12-14H2,1-2H3. The fraction of sp³-hybridized carbons (Fsp3) is 0.368. The van der Waals surface area contributed by atoms with E-state index < -0.39 is 0 Å². The second kappa shape index (κ2) is 6.25. The van der Waals surface area contributed by atoms with Gasteiger partial charge in [-0.25, -0.2) is 0 Å². The Hall–Kier alpha value is -1.25. The first-order valence-corrected chi connectivity index (χ1v) is 8.89. The van der Waals surface area contributed by atoms with E-state index in [1.807, 2.05) is 11.8 Å². The number of benzene rings is 2. The van der Waals surface area contributed by atoms with E-state index in [1.165, 1.54) is 29.5 Å². The van der Waals surface area contributed by atoms with E-state index in [0.29, 0.717) is 10.8 Å². The van der Waals surface area contributed by atoms with Gasteiger partial charge in [0, 0.05) is 17.3 Å². The third-order valence-corrected chi connectivity index (χ3v) is 5.91. The van der Waals surface area contributed by atoms with Crippen molar-refractivity contribution in [3.63, 3.8) is 0 Å². The highest BCUT2D eigenvalue weighted by molar-refractivity contribution is 8.00. The van der Waals surface area contributed by atoms with Crippen molar-refractivity contribution in [2.24, 2.45) is 0 Å². The first kappa shape index (κ1) is 14.7. The molecule has 1 nitrogen and oxygen atoms in total. The zero-order valence-corrected chi connectivity index (χ0v) is 13.6. The fourth-order valence-corrected chi connectivity index (χ4v) is 3.38. The molecule has 110 valence electrons. The van der Waals surface area contributed by atoms with Crippen LogP contribution < -0.4 is 5.32 Å². The minimum atomic E-state index is 0.416. The summed E-state index contributed by atoms with van der Waals surface area (Å²) in [6, 6.07) is 19.9. The van der Waals surface area contributed by atoms with Gasteiger partial charge in [-0.2, -0.15) is 11.8 Å². The zero-order chi connectivity index (χ0) is 14.7. The molecule has 0 radical (unpaired) electrons. The van der Waals surface area contributed by atoms with Crippen molar-refractivity contribution in [2.75, 3.05) is 12.8 Å². The number of hydrogen-bond acceptors (Lipinski definition) is 2. The van der Waals surface area contributed by atoms with Crippen LogP contribution in [0.3, 0.4) is 0 Å². The van der Waals surface area contributed by atoms with Crippen LogP contribution in [-0.2, 0) is 0 Å². The summed E-state index contributed by atoms with van der Waals surface area (Å²) in [5, 5.41) is 3.69. The lowest BCUT2D eigenvalue weighted by molar-refractivity contribution is 0.563. The second-order valence-electron chi connectivity index (χ2n) is 5.98. The molecule has 0 aromatic heterocycles. The summed E-state index contributed by atoms with van der Waals surface area (Å²) in [5.74, 6) is 0. The average Bonchev–Trinajstić information content (AvgIpc) is 3.34. The second-order valence-corrected chi connectivity index (χ2v) is 7.25. The van der Waals surface area contributed by atoms with E-state index in [0.717, 1.165) is 6.54 Å². The van der Waals surface area contributed by atoms with E-state index >= 15 is 0 Å². The topological polar surface area (TPSA) is 12.0 Å². The third-order valence-electron chi connectivity index (χ3n) is 4.49. The number of nitrogens with one attached hydrogen (secondary N) is 1. The minimum absolute atomic E-state index is 0.416. The molecule has 0 heterocycles. The maximum absolute atomic E-state index is 3.69. The highest BCUT2D eigenvalue weighted by atomic mass is 32.2. The smallest absolute Gasteiger partial charge is 0.0292 e. The van der Waals surface area contributed by atoms with Gasteiger partial charge >= 0.3 is 0 Å². The molecule has 1 fully saturated rings. The quantitative estimate of drug-likeness (QED) is 0.814. The Morgan fingerprint density at radius 2 is 1.62 bits per heavy atom. The molecule has 0 amide bonds.